The molecule has 1 unspecified atom stereocenters. The molecular formula is C10H18N2O2. The van der Waals surface area contributed by atoms with Crippen LogP contribution in [0.5, 0.6) is 0 Å². The van der Waals surface area contributed by atoms with E-state index < -0.39 is 5.54 Å². The number of nitrogens with one attached hydrogen (secondary N) is 1. The van der Waals surface area contributed by atoms with Gasteiger partial charge in [-0.15, -0.1) is 0 Å². The Morgan fingerprint density at radius 1 is 1.21 bits per heavy atom. The van der Waals surface area contributed by atoms with Crippen LogP contribution in [0, 0.1) is 5.92 Å². The summed E-state index contributed by atoms with van der Waals surface area (Å²) in [4.78, 5) is 24.7. The zero-order chi connectivity index (χ0) is 11.1. The molecule has 1 atom stereocenters. The van der Waals surface area contributed by atoms with Gasteiger partial charge in [0.1, 0.15) is 5.54 Å². The second-order valence-electron chi connectivity index (χ2n) is 4.71. The molecule has 0 spiro atoms. The molecule has 3 amide bonds. The SMILES string of the molecule is CC(C)C(C)N1C(=O)NC(C)(C)C1=O. The van der Waals surface area contributed by atoms with Crippen LogP contribution in [0.4, 0.5) is 4.79 Å². The molecule has 0 aromatic heterocycles. The maximum absolute atomic E-state index is 11.8. The smallest absolute Gasteiger partial charge is 0.324 e. The number of nitrogens with zero attached hydrogens (tertiary/aromatic N) is 1. The highest BCUT2D eigenvalue weighted by Crippen LogP contribution is 2.22. The molecule has 0 aromatic rings. The predicted octanol–water partition coefficient (Wildman–Crippen LogP) is 1.36. The van der Waals surface area contributed by atoms with E-state index in [2.05, 4.69) is 5.32 Å². The van der Waals surface area contributed by atoms with Crippen molar-refractivity contribution in [2.24, 2.45) is 5.92 Å². The minimum Gasteiger partial charge on any atom is -0.324 e. The molecule has 1 saturated heterocycles. The molecule has 0 aliphatic carbocycles. The van der Waals surface area contributed by atoms with E-state index in [4.69, 9.17) is 0 Å². The quantitative estimate of drug-likeness (QED) is 0.681. The summed E-state index contributed by atoms with van der Waals surface area (Å²) in [5.41, 5.74) is -0.750. The number of hydrogen-bond donors (Lipinski definition) is 1. The van der Waals surface area contributed by atoms with Crippen molar-refractivity contribution in [3.8, 4) is 0 Å². The van der Waals surface area contributed by atoms with E-state index in [1.54, 1.807) is 13.8 Å². The van der Waals surface area contributed by atoms with Crippen LogP contribution >= 0.6 is 0 Å². The average molecular weight is 198 g/mol. The lowest BCUT2D eigenvalue weighted by Crippen LogP contribution is -2.44. The van der Waals surface area contributed by atoms with E-state index in [1.807, 2.05) is 20.8 Å². The van der Waals surface area contributed by atoms with Crippen LogP contribution in [-0.2, 0) is 4.79 Å². The summed E-state index contributed by atoms with van der Waals surface area (Å²) in [5.74, 6) is 0.141. The fourth-order valence-corrected chi connectivity index (χ4v) is 1.44. The summed E-state index contributed by atoms with van der Waals surface area (Å²) in [7, 11) is 0. The van der Waals surface area contributed by atoms with Gasteiger partial charge in [0, 0.05) is 6.04 Å². The maximum Gasteiger partial charge on any atom is 0.325 e. The third kappa shape index (κ3) is 1.61. The molecule has 1 aliphatic rings. The van der Waals surface area contributed by atoms with E-state index in [0.29, 0.717) is 0 Å². The summed E-state index contributed by atoms with van der Waals surface area (Å²) in [6.45, 7) is 9.33. The van der Waals surface area contributed by atoms with Crippen molar-refractivity contribution in [1.82, 2.24) is 10.2 Å². The number of rotatable bonds is 2. The average Bonchev–Trinajstić information content (AvgIpc) is 2.21. The lowest BCUT2D eigenvalue weighted by Gasteiger charge is -2.25. The lowest BCUT2D eigenvalue weighted by atomic mass is 10.0. The fourth-order valence-electron chi connectivity index (χ4n) is 1.44. The van der Waals surface area contributed by atoms with Gasteiger partial charge in [0.25, 0.3) is 5.91 Å². The van der Waals surface area contributed by atoms with Crippen LogP contribution in [0.3, 0.4) is 0 Å². The summed E-state index contributed by atoms with van der Waals surface area (Å²) >= 11 is 0. The van der Waals surface area contributed by atoms with E-state index in [-0.39, 0.29) is 23.9 Å². The standard InChI is InChI=1S/C10H18N2O2/c1-6(2)7(3)12-8(13)10(4,5)11-9(12)14/h6-7H,1-5H3,(H,11,14). The molecule has 1 fully saturated rings. The Kier molecular flexibility index (Phi) is 2.56. The van der Waals surface area contributed by atoms with Crippen molar-refractivity contribution >= 4 is 11.9 Å². The molecular weight excluding hydrogens is 180 g/mol. The molecule has 1 N–H and O–H groups in total. The Hall–Kier alpha value is -1.06. The van der Waals surface area contributed by atoms with Crippen molar-refractivity contribution < 1.29 is 9.59 Å². The van der Waals surface area contributed by atoms with Crippen molar-refractivity contribution in [2.45, 2.75) is 46.2 Å². The number of urea groups is 1. The summed E-state index contributed by atoms with van der Waals surface area (Å²) in [6, 6.07) is -0.328. The van der Waals surface area contributed by atoms with Crippen LogP contribution in [0.15, 0.2) is 0 Å². The van der Waals surface area contributed by atoms with E-state index >= 15 is 0 Å². The van der Waals surface area contributed by atoms with Gasteiger partial charge >= 0.3 is 6.03 Å². The summed E-state index contributed by atoms with van der Waals surface area (Å²) in [6.07, 6.45) is 0. The largest absolute Gasteiger partial charge is 0.325 e. The van der Waals surface area contributed by atoms with Crippen LogP contribution < -0.4 is 5.32 Å². The molecule has 4 heteroatoms. The maximum atomic E-state index is 11.8. The first kappa shape index (κ1) is 11.0. The summed E-state index contributed by atoms with van der Waals surface area (Å²) in [5, 5.41) is 2.67. The zero-order valence-corrected chi connectivity index (χ0v) is 9.42. The number of carbonyl (C=O) groups excluding carboxylic acids is 2. The highest BCUT2D eigenvalue weighted by Gasteiger charge is 2.46. The van der Waals surface area contributed by atoms with E-state index in [1.165, 1.54) is 4.90 Å². The molecule has 1 rings (SSSR count). The number of amides is 3. The normalized spacial score (nSPS) is 22.9. The minimum absolute atomic E-state index is 0.0516. The van der Waals surface area contributed by atoms with Gasteiger partial charge in [-0.05, 0) is 26.7 Å². The van der Waals surface area contributed by atoms with Gasteiger partial charge in [-0.25, -0.2) is 4.79 Å². The number of carbonyl (C=O) groups is 2. The van der Waals surface area contributed by atoms with Gasteiger partial charge in [-0.2, -0.15) is 0 Å². The molecule has 0 bridgehead atoms. The first-order valence-corrected chi connectivity index (χ1v) is 4.93. The Labute approximate surface area is 84.7 Å². The fraction of sp³-hybridized carbons (Fsp3) is 0.800. The van der Waals surface area contributed by atoms with Crippen molar-refractivity contribution in [1.29, 1.82) is 0 Å². The molecule has 14 heavy (non-hydrogen) atoms. The highest BCUT2D eigenvalue weighted by molar-refractivity contribution is 6.06. The Balaban J connectivity index is 2.91. The third-order valence-electron chi connectivity index (χ3n) is 2.76. The van der Waals surface area contributed by atoms with Gasteiger partial charge < -0.3 is 5.32 Å². The number of hydrogen-bond acceptors (Lipinski definition) is 2. The van der Waals surface area contributed by atoms with Crippen LogP contribution in [0.25, 0.3) is 0 Å². The third-order valence-corrected chi connectivity index (χ3v) is 2.76. The van der Waals surface area contributed by atoms with Crippen molar-refractivity contribution in [3.05, 3.63) is 0 Å². The van der Waals surface area contributed by atoms with Gasteiger partial charge in [0.05, 0.1) is 0 Å². The molecule has 0 aromatic carbocycles. The van der Waals surface area contributed by atoms with E-state index in [0.717, 1.165) is 0 Å². The van der Waals surface area contributed by atoms with E-state index in [9.17, 15) is 9.59 Å². The summed E-state index contributed by atoms with van der Waals surface area (Å²) < 4.78 is 0. The molecule has 4 nitrogen and oxygen atoms in total. The Bertz CT molecular complexity index is 271. The van der Waals surface area contributed by atoms with Gasteiger partial charge in [0.2, 0.25) is 0 Å². The minimum atomic E-state index is -0.750. The van der Waals surface area contributed by atoms with Crippen molar-refractivity contribution in [2.75, 3.05) is 0 Å². The monoisotopic (exact) mass is 198 g/mol. The molecule has 80 valence electrons. The van der Waals surface area contributed by atoms with Gasteiger partial charge in [-0.3, -0.25) is 9.69 Å². The van der Waals surface area contributed by atoms with Gasteiger partial charge in [0.15, 0.2) is 0 Å². The second-order valence-corrected chi connectivity index (χ2v) is 4.71. The predicted molar refractivity (Wildman–Crippen MR) is 53.8 cm³/mol. The topological polar surface area (TPSA) is 49.4 Å². The molecule has 0 saturated carbocycles. The first-order valence-electron chi connectivity index (χ1n) is 4.93. The van der Waals surface area contributed by atoms with Crippen molar-refractivity contribution in [3.63, 3.8) is 0 Å². The van der Waals surface area contributed by atoms with Crippen LogP contribution in [0.2, 0.25) is 0 Å². The molecule has 0 radical (unpaired) electrons. The Morgan fingerprint density at radius 2 is 1.71 bits per heavy atom. The van der Waals surface area contributed by atoms with Crippen LogP contribution in [0.1, 0.15) is 34.6 Å². The second kappa shape index (κ2) is 3.26. The molecule has 1 aliphatic heterocycles. The Morgan fingerprint density at radius 3 is 2.00 bits per heavy atom. The lowest BCUT2D eigenvalue weighted by molar-refractivity contribution is -0.132. The first-order chi connectivity index (χ1) is 6.27. The highest BCUT2D eigenvalue weighted by atomic mass is 16.2. The zero-order valence-electron chi connectivity index (χ0n) is 9.42. The number of imide groups is 1. The van der Waals surface area contributed by atoms with Gasteiger partial charge in [-0.1, -0.05) is 13.8 Å². The molecule has 1 heterocycles. The van der Waals surface area contributed by atoms with Crippen LogP contribution in [-0.4, -0.2) is 28.4 Å².